The predicted molar refractivity (Wildman–Crippen MR) is 102 cm³/mol. The zero-order valence-corrected chi connectivity index (χ0v) is 14.9. The molecule has 0 radical (unpaired) electrons. The average Bonchev–Trinajstić information content (AvgIpc) is 3.50. The Morgan fingerprint density at radius 3 is 2.88 bits per heavy atom. The summed E-state index contributed by atoms with van der Waals surface area (Å²) in [6, 6.07) is 17.0. The van der Waals surface area contributed by atoms with Crippen LogP contribution in [0.25, 0.3) is 10.9 Å². The van der Waals surface area contributed by atoms with E-state index in [1.807, 2.05) is 34.9 Å². The predicted octanol–water partition coefficient (Wildman–Crippen LogP) is 3.77. The van der Waals surface area contributed by atoms with Gasteiger partial charge in [0.25, 0.3) is 5.56 Å². The summed E-state index contributed by atoms with van der Waals surface area (Å²) in [7, 11) is 0. The molecule has 0 amide bonds. The van der Waals surface area contributed by atoms with E-state index in [-0.39, 0.29) is 11.6 Å². The first-order valence-corrected chi connectivity index (χ1v) is 9.52. The van der Waals surface area contributed by atoms with Gasteiger partial charge in [0.2, 0.25) is 0 Å². The Morgan fingerprint density at radius 2 is 2.08 bits per heavy atom. The molecule has 0 unspecified atom stereocenters. The number of benzene rings is 2. The molecule has 0 bridgehead atoms. The van der Waals surface area contributed by atoms with Gasteiger partial charge >= 0.3 is 0 Å². The number of nitrogens with zero attached hydrogens (tertiary/aromatic N) is 3. The number of hydrogen-bond donors (Lipinski definition) is 0. The largest absolute Gasteiger partial charge is 0.493 e. The normalized spacial score (nSPS) is 13.5. The van der Waals surface area contributed by atoms with E-state index in [4.69, 9.17) is 15.0 Å². The standard InChI is InChI=1S/C20H17N3O2S/c21-13-14-4-3-5-16(12-14)25-10-11-26-20-22-18-7-2-1-6-17(18)19(24)23(20)15-8-9-15/h1-7,12,15H,8-11H2. The fourth-order valence-electron chi connectivity index (χ4n) is 2.83. The van der Waals surface area contributed by atoms with Gasteiger partial charge in [0.15, 0.2) is 5.16 Å². The molecule has 1 fully saturated rings. The van der Waals surface area contributed by atoms with Crippen LogP contribution >= 0.6 is 11.8 Å². The van der Waals surface area contributed by atoms with E-state index in [2.05, 4.69) is 6.07 Å². The lowest BCUT2D eigenvalue weighted by Gasteiger charge is -2.12. The Morgan fingerprint density at radius 1 is 1.23 bits per heavy atom. The van der Waals surface area contributed by atoms with Crippen LogP contribution in [0.5, 0.6) is 5.75 Å². The highest BCUT2D eigenvalue weighted by Crippen LogP contribution is 2.36. The topological polar surface area (TPSA) is 67.9 Å². The molecule has 1 aromatic heterocycles. The number of fused-ring (bicyclic) bond motifs is 1. The molecule has 5 nitrogen and oxygen atoms in total. The van der Waals surface area contributed by atoms with Crippen molar-refractivity contribution in [2.24, 2.45) is 0 Å². The molecule has 3 aromatic rings. The lowest BCUT2D eigenvalue weighted by atomic mass is 10.2. The first kappa shape index (κ1) is 16.7. The van der Waals surface area contributed by atoms with E-state index in [0.717, 1.165) is 23.5 Å². The number of hydrogen-bond acceptors (Lipinski definition) is 5. The molecule has 1 heterocycles. The number of ether oxygens (including phenoxy) is 1. The molecule has 1 saturated carbocycles. The van der Waals surface area contributed by atoms with E-state index in [9.17, 15) is 4.79 Å². The molecule has 0 saturated heterocycles. The highest BCUT2D eigenvalue weighted by molar-refractivity contribution is 7.99. The van der Waals surface area contributed by atoms with Gasteiger partial charge in [-0.2, -0.15) is 5.26 Å². The van der Waals surface area contributed by atoms with Crippen LogP contribution in [0.3, 0.4) is 0 Å². The second kappa shape index (κ2) is 7.22. The van der Waals surface area contributed by atoms with Crippen LogP contribution in [0.2, 0.25) is 0 Å². The number of aromatic nitrogens is 2. The van der Waals surface area contributed by atoms with Gasteiger partial charge < -0.3 is 4.74 Å². The van der Waals surface area contributed by atoms with Crippen LogP contribution < -0.4 is 10.3 Å². The van der Waals surface area contributed by atoms with Crippen molar-refractivity contribution in [2.75, 3.05) is 12.4 Å². The summed E-state index contributed by atoms with van der Waals surface area (Å²) >= 11 is 1.54. The molecule has 0 N–H and O–H groups in total. The van der Waals surface area contributed by atoms with Crippen molar-refractivity contribution in [3.05, 3.63) is 64.4 Å². The molecule has 4 rings (SSSR count). The van der Waals surface area contributed by atoms with E-state index in [1.54, 1.807) is 18.2 Å². The molecule has 6 heteroatoms. The Labute approximate surface area is 155 Å². The van der Waals surface area contributed by atoms with Crippen molar-refractivity contribution in [3.63, 3.8) is 0 Å². The average molecular weight is 363 g/mol. The molecule has 0 aliphatic heterocycles. The maximum absolute atomic E-state index is 12.8. The highest BCUT2D eigenvalue weighted by atomic mass is 32.2. The third-order valence-electron chi connectivity index (χ3n) is 4.23. The molecule has 26 heavy (non-hydrogen) atoms. The smallest absolute Gasteiger partial charge is 0.262 e. The van der Waals surface area contributed by atoms with E-state index in [0.29, 0.717) is 29.1 Å². The van der Waals surface area contributed by atoms with E-state index >= 15 is 0 Å². The number of thioether (sulfide) groups is 1. The van der Waals surface area contributed by atoms with Crippen molar-refractivity contribution < 1.29 is 4.74 Å². The fourth-order valence-corrected chi connectivity index (χ4v) is 3.71. The molecular formula is C20H17N3O2S. The van der Waals surface area contributed by atoms with Crippen LogP contribution in [-0.2, 0) is 0 Å². The molecule has 1 aliphatic rings. The minimum Gasteiger partial charge on any atom is -0.493 e. The fraction of sp³-hybridized carbons (Fsp3) is 0.250. The van der Waals surface area contributed by atoms with Crippen molar-refractivity contribution in [2.45, 2.75) is 24.0 Å². The Hall–Kier alpha value is -2.78. The first-order valence-electron chi connectivity index (χ1n) is 8.53. The summed E-state index contributed by atoms with van der Waals surface area (Å²) in [6.45, 7) is 0.479. The quantitative estimate of drug-likeness (QED) is 0.379. The Bertz CT molecular complexity index is 1050. The van der Waals surface area contributed by atoms with Gasteiger partial charge in [-0.05, 0) is 43.2 Å². The van der Waals surface area contributed by atoms with Gasteiger partial charge in [0.05, 0.1) is 29.1 Å². The van der Waals surface area contributed by atoms with Crippen molar-refractivity contribution >= 4 is 22.7 Å². The minimum atomic E-state index is 0.0447. The molecule has 130 valence electrons. The van der Waals surface area contributed by atoms with E-state index < -0.39 is 0 Å². The number of rotatable bonds is 6. The molecule has 2 aromatic carbocycles. The van der Waals surface area contributed by atoms with Crippen molar-refractivity contribution in [1.29, 1.82) is 5.26 Å². The first-order chi connectivity index (χ1) is 12.8. The van der Waals surface area contributed by atoms with Gasteiger partial charge in [-0.3, -0.25) is 9.36 Å². The Balaban J connectivity index is 1.49. The van der Waals surface area contributed by atoms with Gasteiger partial charge in [-0.25, -0.2) is 4.98 Å². The Kier molecular flexibility index (Phi) is 4.63. The lowest BCUT2D eigenvalue weighted by Crippen LogP contribution is -2.22. The van der Waals surface area contributed by atoms with Gasteiger partial charge in [0, 0.05) is 11.8 Å². The zero-order chi connectivity index (χ0) is 17.9. The van der Waals surface area contributed by atoms with Crippen LogP contribution in [0.1, 0.15) is 24.4 Å². The van der Waals surface area contributed by atoms with Crippen molar-refractivity contribution in [3.8, 4) is 11.8 Å². The number of nitriles is 1. The third kappa shape index (κ3) is 3.44. The molecular weight excluding hydrogens is 346 g/mol. The van der Waals surface area contributed by atoms with Crippen LogP contribution in [-0.4, -0.2) is 21.9 Å². The van der Waals surface area contributed by atoms with Crippen LogP contribution in [0.15, 0.2) is 58.5 Å². The second-order valence-electron chi connectivity index (χ2n) is 6.15. The summed E-state index contributed by atoms with van der Waals surface area (Å²) in [6.07, 6.45) is 2.07. The van der Waals surface area contributed by atoms with Gasteiger partial charge in [-0.15, -0.1) is 0 Å². The molecule has 0 atom stereocenters. The summed E-state index contributed by atoms with van der Waals surface area (Å²) in [5.74, 6) is 1.35. The third-order valence-corrected chi connectivity index (χ3v) is 5.15. The lowest BCUT2D eigenvalue weighted by molar-refractivity contribution is 0.343. The van der Waals surface area contributed by atoms with Crippen LogP contribution in [0.4, 0.5) is 0 Å². The highest BCUT2D eigenvalue weighted by Gasteiger charge is 2.28. The summed E-state index contributed by atoms with van der Waals surface area (Å²) in [5, 5.41) is 10.4. The minimum absolute atomic E-state index is 0.0447. The molecule has 0 spiro atoms. The number of para-hydroxylation sites is 1. The summed E-state index contributed by atoms with van der Waals surface area (Å²) < 4.78 is 7.55. The van der Waals surface area contributed by atoms with Gasteiger partial charge in [0.1, 0.15) is 5.75 Å². The SMILES string of the molecule is N#Cc1cccc(OCCSc2nc3ccccc3c(=O)n2C2CC2)c1. The monoisotopic (exact) mass is 363 g/mol. The van der Waals surface area contributed by atoms with Crippen LogP contribution in [0, 0.1) is 11.3 Å². The molecule has 1 aliphatic carbocycles. The maximum Gasteiger partial charge on any atom is 0.262 e. The maximum atomic E-state index is 12.8. The summed E-state index contributed by atoms with van der Waals surface area (Å²) in [5.41, 5.74) is 1.36. The van der Waals surface area contributed by atoms with E-state index in [1.165, 1.54) is 11.8 Å². The summed E-state index contributed by atoms with van der Waals surface area (Å²) in [4.78, 5) is 17.5. The van der Waals surface area contributed by atoms with Crippen molar-refractivity contribution in [1.82, 2.24) is 9.55 Å². The second-order valence-corrected chi connectivity index (χ2v) is 7.22. The van der Waals surface area contributed by atoms with Gasteiger partial charge in [-0.1, -0.05) is 30.0 Å². The zero-order valence-electron chi connectivity index (χ0n) is 14.1.